The average Bonchev–Trinajstić information content (AvgIpc) is 2.39. The van der Waals surface area contributed by atoms with E-state index in [2.05, 4.69) is 10.3 Å². The molecule has 1 aromatic heterocycles. The molecule has 0 saturated heterocycles. The normalized spacial score (nSPS) is 12.1. The Bertz CT molecular complexity index is 460. The molecular weight excluding hydrogens is 280 g/mol. The number of pyridine rings is 1. The Kier molecular flexibility index (Phi) is 6.45. The number of anilines is 1. The highest BCUT2D eigenvalue weighted by Crippen LogP contribution is 2.11. The van der Waals surface area contributed by atoms with Crippen LogP contribution in [0.25, 0.3) is 0 Å². The van der Waals surface area contributed by atoms with Crippen LogP contribution in [0.2, 0.25) is 5.02 Å². The Labute approximate surface area is 123 Å². The van der Waals surface area contributed by atoms with E-state index in [9.17, 15) is 9.59 Å². The molecular formula is C14H19ClN2O3. The zero-order chi connectivity index (χ0) is 15.1. The van der Waals surface area contributed by atoms with E-state index in [1.165, 1.54) is 13.1 Å². The third kappa shape index (κ3) is 6.02. The van der Waals surface area contributed by atoms with Gasteiger partial charge < -0.3 is 10.1 Å². The van der Waals surface area contributed by atoms with Gasteiger partial charge in [0, 0.05) is 12.6 Å². The Hall–Kier alpha value is -1.62. The van der Waals surface area contributed by atoms with Crippen molar-refractivity contribution < 1.29 is 14.3 Å². The average molecular weight is 299 g/mol. The first-order valence-corrected chi connectivity index (χ1v) is 6.88. The lowest BCUT2D eigenvalue weighted by molar-refractivity contribution is -0.153. The van der Waals surface area contributed by atoms with Crippen LogP contribution >= 0.6 is 11.6 Å². The Balaban J connectivity index is 2.42. The van der Waals surface area contributed by atoms with Crippen molar-refractivity contribution in [3.05, 3.63) is 23.4 Å². The number of nitrogens with zero attached hydrogens (tertiary/aromatic N) is 1. The molecule has 1 N–H and O–H groups in total. The second-order valence-corrected chi connectivity index (χ2v) is 5.35. The molecule has 1 heterocycles. The first kappa shape index (κ1) is 16.4. The Morgan fingerprint density at radius 2 is 2.05 bits per heavy atom. The van der Waals surface area contributed by atoms with E-state index in [0.29, 0.717) is 23.2 Å². The van der Waals surface area contributed by atoms with Gasteiger partial charge in [0.1, 0.15) is 5.82 Å². The zero-order valence-corrected chi connectivity index (χ0v) is 12.6. The molecule has 0 aromatic carbocycles. The number of amides is 1. The first-order valence-electron chi connectivity index (χ1n) is 6.50. The second kappa shape index (κ2) is 7.85. The van der Waals surface area contributed by atoms with E-state index < -0.39 is 12.0 Å². The van der Waals surface area contributed by atoms with Gasteiger partial charge >= 0.3 is 5.97 Å². The topological polar surface area (TPSA) is 68.3 Å². The molecule has 1 aromatic rings. The van der Waals surface area contributed by atoms with Crippen molar-refractivity contribution in [1.82, 2.24) is 4.98 Å². The largest absolute Gasteiger partial charge is 0.453 e. The summed E-state index contributed by atoms with van der Waals surface area (Å²) in [4.78, 5) is 27.3. The van der Waals surface area contributed by atoms with Crippen molar-refractivity contribution in [3.63, 3.8) is 0 Å². The SMILES string of the molecule is CC(C)CCC(=O)O[C@@H](C)C(=O)Nc1ccc(Cl)cn1. The molecule has 0 aliphatic rings. The summed E-state index contributed by atoms with van der Waals surface area (Å²) in [5.74, 6) is -0.00226. The number of carbonyl (C=O) groups excluding carboxylic acids is 2. The molecule has 0 spiro atoms. The van der Waals surface area contributed by atoms with Crippen LogP contribution in [-0.2, 0) is 14.3 Å². The molecule has 0 aliphatic heterocycles. The smallest absolute Gasteiger partial charge is 0.306 e. The standard InChI is InChI=1S/C14H19ClN2O3/c1-9(2)4-7-13(18)20-10(3)14(19)17-12-6-5-11(15)8-16-12/h5-6,8-10H,4,7H2,1-3H3,(H,16,17,19)/t10-/m0/s1. The number of esters is 1. The van der Waals surface area contributed by atoms with Crippen LogP contribution in [0.15, 0.2) is 18.3 Å². The fourth-order valence-electron chi connectivity index (χ4n) is 1.39. The Morgan fingerprint density at radius 1 is 1.35 bits per heavy atom. The number of halogens is 1. The van der Waals surface area contributed by atoms with Crippen molar-refractivity contribution >= 4 is 29.3 Å². The fourth-order valence-corrected chi connectivity index (χ4v) is 1.51. The van der Waals surface area contributed by atoms with Gasteiger partial charge in [0.25, 0.3) is 5.91 Å². The monoisotopic (exact) mass is 298 g/mol. The molecule has 5 nitrogen and oxygen atoms in total. The molecule has 1 rings (SSSR count). The summed E-state index contributed by atoms with van der Waals surface area (Å²) in [6, 6.07) is 3.19. The highest BCUT2D eigenvalue weighted by Gasteiger charge is 2.18. The van der Waals surface area contributed by atoms with E-state index in [0.717, 1.165) is 6.42 Å². The number of carbonyl (C=O) groups is 2. The molecule has 110 valence electrons. The van der Waals surface area contributed by atoms with Crippen molar-refractivity contribution in [2.45, 2.75) is 39.7 Å². The summed E-state index contributed by atoms with van der Waals surface area (Å²) >= 11 is 5.70. The van der Waals surface area contributed by atoms with Crippen molar-refractivity contribution in [2.24, 2.45) is 5.92 Å². The fraction of sp³-hybridized carbons (Fsp3) is 0.500. The van der Waals surface area contributed by atoms with Crippen LogP contribution in [0, 0.1) is 5.92 Å². The van der Waals surface area contributed by atoms with Gasteiger partial charge in [-0.15, -0.1) is 0 Å². The summed E-state index contributed by atoms with van der Waals surface area (Å²) in [6.07, 6.45) is 1.63. The van der Waals surface area contributed by atoms with Crippen LogP contribution in [0.1, 0.15) is 33.6 Å². The zero-order valence-electron chi connectivity index (χ0n) is 11.9. The maximum absolute atomic E-state index is 11.8. The van der Waals surface area contributed by atoms with Crippen LogP contribution in [0.4, 0.5) is 5.82 Å². The predicted octanol–water partition coefficient (Wildman–Crippen LogP) is 3.04. The van der Waals surface area contributed by atoms with Gasteiger partial charge in [-0.25, -0.2) is 4.98 Å². The first-order chi connectivity index (χ1) is 9.38. The molecule has 20 heavy (non-hydrogen) atoms. The highest BCUT2D eigenvalue weighted by molar-refractivity contribution is 6.30. The molecule has 0 radical (unpaired) electrons. The van der Waals surface area contributed by atoms with Gasteiger partial charge in [-0.2, -0.15) is 0 Å². The van der Waals surface area contributed by atoms with Gasteiger partial charge in [-0.1, -0.05) is 25.4 Å². The van der Waals surface area contributed by atoms with Crippen molar-refractivity contribution in [3.8, 4) is 0 Å². The summed E-state index contributed by atoms with van der Waals surface area (Å²) < 4.78 is 5.05. The summed E-state index contributed by atoms with van der Waals surface area (Å²) in [5, 5.41) is 3.04. The molecule has 0 unspecified atom stereocenters. The van der Waals surface area contributed by atoms with E-state index in [4.69, 9.17) is 16.3 Å². The van der Waals surface area contributed by atoms with Gasteiger partial charge in [-0.05, 0) is 31.4 Å². The minimum Gasteiger partial charge on any atom is -0.453 e. The molecule has 1 amide bonds. The predicted molar refractivity (Wildman–Crippen MR) is 77.5 cm³/mol. The lowest BCUT2D eigenvalue weighted by atomic mass is 10.1. The number of hydrogen-bond acceptors (Lipinski definition) is 4. The quantitative estimate of drug-likeness (QED) is 0.820. The Morgan fingerprint density at radius 3 is 2.60 bits per heavy atom. The maximum atomic E-state index is 11.8. The minimum absolute atomic E-state index is 0.314. The maximum Gasteiger partial charge on any atom is 0.306 e. The second-order valence-electron chi connectivity index (χ2n) is 4.92. The summed E-state index contributed by atoms with van der Waals surface area (Å²) in [5.41, 5.74) is 0. The number of ether oxygens (including phenoxy) is 1. The number of nitrogens with one attached hydrogen (secondary N) is 1. The van der Waals surface area contributed by atoms with Gasteiger partial charge in [0.15, 0.2) is 6.10 Å². The van der Waals surface area contributed by atoms with E-state index in [1.807, 2.05) is 13.8 Å². The number of aromatic nitrogens is 1. The molecule has 6 heteroatoms. The summed E-state index contributed by atoms with van der Waals surface area (Å²) in [7, 11) is 0. The third-order valence-electron chi connectivity index (χ3n) is 2.58. The van der Waals surface area contributed by atoms with Crippen molar-refractivity contribution in [2.75, 3.05) is 5.32 Å². The van der Waals surface area contributed by atoms with Gasteiger partial charge in [0.05, 0.1) is 5.02 Å². The molecule has 0 aliphatic carbocycles. The number of hydrogen-bond donors (Lipinski definition) is 1. The number of rotatable bonds is 6. The van der Waals surface area contributed by atoms with E-state index >= 15 is 0 Å². The van der Waals surface area contributed by atoms with Crippen LogP contribution in [0.5, 0.6) is 0 Å². The molecule has 0 fully saturated rings. The van der Waals surface area contributed by atoms with E-state index in [-0.39, 0.29) is 5.97 Å². The van der Waals surface area contributed by atoms with Crippen LogP contribution in [0.3, 0.4) is 0 Å². The highest BCUT2D eigenvalue weighted by atomic mass is 35.5. The van der Waals surface area contributed by atoms with Gasteiger partial charge in [0.2, 0.25) is 0 Å². The minimum atomic E-state index is -0.854. The molecule has 0 bridgehead atoms. The van der Waals surface area contributed by atoms with Crippen molar-refractivity contribution in [1.29, 1.82) is 0 Å². The molecule has 1 atom stereocenters. The van der Waals surface area contributed by atoms with E-state index in [1.54, 1.807) is 12.1 Å². The lowest BCUT2D eigenvalue weighted by Gasteiger charge is -2.13. The van der Waals surface area contributed by atoms with Crippen LogP contribution < -0.4 is 5.32 Å². The van der Waals surface area contributed by atoms with Gasteiger partial charge in [-0.3, -0.25) is 9.59 Å². The van der Waals surface area contributed by atoms with Crippen LogP contribution in [-0.4, -0.2) is 23.0 Å². The lowest BCUT2D eigenvalue weighted by Crippen LogP contribution is -2.30. The molecule has 0 saturated carbocycles. The third-order valence-corrected chi connectivity index (χ3v) is 2.81. The summed E-state index contributed by atoms with van der Waals surface area (Å²) in [6.45, 7) is 5.57.